The van der Waals surface area contributed by atoms with Gasteiger partial charge in [-0.15, -0.1) is 26.3 Å². The van der Waals surface area contributed by atoms with E-state index in [4.69, 9.17) is 23.7 Å². The molecule has 2 aliphatic rings. The lowest BCUT2D eigenvalue weighted by Gasteiger charge is -2.16. The van der Waals surface area contributed by atoms with Crippen molar-refractivity contribution in [2.24, 2.45) is 0 Å². The van der Waals surface area contributed by atoms with Gasteiger partial charge in [-0.2, -0.15) is 0 Å². The lowest BCUT2D eigenvalue weighted by atomic mass is 10.0. The van der Waals surface area contributed by atoms with Gasteiger partial charge in [-0.1, -0.05) is 13.8 Å². The smallest absolute Gasteiger partial charge is 0.493 e. The summed E-state index contributed by atoms with van der Waals surface area (Å²) in [5.74, 6) is -2.48. The maximum absolute atomic E-state index is 12.4. The molecular weight excluding hydrogens is 746 g/mol. The summed E-state index contributed by atoms with van der Waals surface area (Å²) < 4.78 is 108. The van der Waals surface area contributed by atoms with E-state index < -0.39 is 36.2 Å². The lowest BCUT2D eigenvalue weighted by molar-refractivity contribution is -0.275. The van der Waals surface area contributed by atoms with E-state index in [1.165, 1.54) is 51.9 Å². The van der Waals surface area contributed by atoms with Gasteiger partial charge >= 0.3 is 24.7 Å². The number of carboxylic acids is 1. The molecule has 0 radical (unpaired) electrons. The second kappa shape index (κ2) is 15.4. The standard InChI is InChI=1S/C19H18F3NO5.C18H16F3NO5/c1-18(6-7-18)16-9-14(12(10-23-16)17(24)26-3)27-13-5-4-11(8-15(13)25-2)28-19(20,21)22;1-17(5-6-17)15-8-13(11(9-22-15)16(23)24)26-12-4-3-10(7-14(12)25-2)27-18(19,20)21/h4-5,8-10H,6-7H2,1-3H3;3-4,7-9H,5-6H2,1-2H3,(H,23,24). The quantitative estimate of drug-likeness (QED) is 0.108. The number of methoxy groups -OCH3 is 3. The lowest BCUT2D eigenvalue weighted by Crippen LogP contribution is -2.17. The molecule has 4 aromatic rings. The Labute approximate surface area is 309 Å². The second-order valence-corrected chi connectivity index (χ2v) is 13.0. The van der Waals surface area contributed by atoms with E-state index in [1.54, 1.807) is 6.07 Å². The summed E-state index contributed by atoms with van der Waals surface area (Å²) in [7, 11) is 3.76. The van der Waals surface area contributed by atoms with Crippen LogP contribution in [0.25, 0.3) is 0 Å². The third-order valence-corrected chi connectivity index (χ3v) is 8.78. The van der Waals surface area contributed by atoms with Crippen LogP contribution in [0.15, 0.2) is 60.9 Å². The molecule has 2 aliphatic carbocycles. The predicted molar refractivity (Wildman–Crippen MR) is 179 cm³/mol. The average Bonchev–Trinajstić information content (AvgIpc) is 4.06. The van der Waals surface area contributed by atoms with Crippen molar-refractivity contribution in [2.75, 3.05) is 21.3 Å². The van der Waals surface area contributed by atoms with Crippen molar-refractivity contribution in [3.05, 3.63) is 83.4 Å². The number of pyridine rings is 2. The Kier molecular flexibility index (Phi) is 11.3. The van der Waals surface area contributed by atoms with Crippen LogP contribution >= 0.6 is 0 Å². The number of hydrogen-bond acceptors (Lipinski definition) is 11. The predicted octanol–water partition coefficient (Wildman–Crippen LogP) is 9.15. The van der Waals surface area contributed by atoms with Crippen molar-refractivity contribution >= 4 is 11.9 Å². The molecule has 12 nitrogen and oxygen atoms in total. The van der Waals surface area contributed by atoms with Gasteiger partial charge in [0.25, 0.3) is 0 Å². The van der Waals surface area contributed by atoms with E-state index >= 15 is 0 Å². The van der Waals surface area contributed by atoms with Crippen molar-refractivity contribution in [1.29, 1.82) is 0 Å². The number of ether oxygens (including phenoxy) is 7. The molecule has 0 spiro atoms. The minimum absolute atomic E-state index is 0.00793. The number of halogens is 6. The highest BCUT2D eigenvalue weighted by atomic mass is 19.4. The highest BCUT2D eigenvalue weighted by molar-refractivity contribution is 5.92. The molecule has 0 unspecified atom stereocenters. The number of rotatable bonds is 12. The molecule has 0 saturated heterocycles. The van der Waals surface area contributed by atoms with Gasteiger partial charge in [-0.05, 0) is 49.9 Å². The first-order valence-corrected chi connectivity index (χ1v) is 16.3. The third-order valence-electron chi connectivity index (χ3n) is 8.78. The molecule has 6 rings (SSSR count). The summed E-state index contributed by atoms with van der Waals surface area (Å²) in [4.78, 5) is 32.0. The number of aromatic nitrogens is 2. The number of carbonyl (C=O) groups excluding carboxylic acids is 1. The van der Waals surface area contributed by atoms with Crippen LogP contribution in [0, 0.1) is 0 Å². The molecule has 55 heavy (non-hydrogen) atoms. The summed E-state index contributed by atoms with van der Waals surface area (Å²) in [6.45, 7) is 4.05. The topological polar surface area (TPSA) is 145 Å². The number of esters is 1. The molecule has 18 heteroatoms. The zero-order chi connectivity index (χ0) is 40.3. The minimum Gasteiger partial charge on any atom is -0.493 e. The van der Waals surface area contributed by atoms with Crippen molar-refractivity contribution in [3.8, 4) is 46.0 Å². The molecule has 2 aromatic heterocycles. The van der Waals surface area contributed by atoms with Gasteiger partial charge in [0, 0.05) is 58.9 Å². The van der Waals surface area contributed by atoms with Crippen molar-refractivity contribution < 1.29 is 74.2 Å². The Balaban J connectivity index is 0.000000211. The Morgan fingerprint density at radius 2 is 1.02 bits per heavy atom. The van der Waals surface area contributed by atoms with Gasteiger partial charge in [0.05, 0.1) is 21.3 Å². The van der Waals surface area contributed by atoms with E-state index in [0.29, 0.717) is 5.69 Å². The summed E-state index contributed by atoms with van der Waals surface area (Å²) in [6.07, 6.45) is -3.31. The number of alkyl halides is 6. The molecule has 294 valence electrons. The van der Waals surface area contributed by atoms with Crippen LogP contribution in [-0.4, -0.2) is 61.1 Å². The molecule has 2 heterocycles. The molecule has 0 atom stereocenters. The van der Waals surface area contributed by atoms with E-state index in [0.717, 1.165) is 55.6 Å². The fourth-order valence-corrected chi connectivity index (χ4v) is 5.11. The summed E-state index contributed by atoms with van der Waals surface area (Å²) in [6, 6.07) is 9.85. The maximum Gasteiger partial charge on any atom is 0.573 e. The number of nitrogens with zero attached hydrogens (tertiary/aromatic N) is 2. The van der Waals surface area contributed by atoms with Gasteiger partial charge in [0.15, 0.2) is 23.0 Å². The Bertz CT molecular complexity index is 2060. The number of aromatic carboxylic acids is 1. The Hall–Kier alpha value is -5.94. The fourth-order valence-electron chi connectivity index (χ4n) is 5.11. The first-order chi connectivity index (χ1) is 25.8. The third kappa shape index (κ3) is 10.2. The molecule has 2 saturated carbocycles. The van der Waals surface area contributed by atoms with Crippen molar-refractivity contribution in [1.82, 2.24) is 9.97 Å². The number of benzene rings is 2. The van der Waals surface area contributed by atoms with Crippen LogP contribution < -0.4 is 28.4 Å². The first kappa shape index (κ1) is 40.2. The monoisotopic (exact) mass is 780 g/mol. The fraction of sp³-hybridized carbons (Fsp3) is 0.351. The molecule has 0 amide bonds. The summed E-state index contributed by atoms with van der Waals surface area (Å²) >= 11 is 0. The number of hydrogen-bond donors (Lipinski definition) is 1. The Morgan fingerprint density at radius 3 is 1.36 bits per heavy atom. The van der Waals surface area contributed by atoms with E-state index in [-0.39, 0.29) is 56.5 Å². The van der Waals surface area contributed by atoms with E-state index in [2.05, 4.69) is 19.4 Å². The van der Waals surface area contributed by atoms with Crippen molar-refractivity contribution in [3.63, 3.8) is 0 Å². The van der Waals surface area contributed by atoms with Gasteiger partial charge in [-0.3, -0.25) is 9.97 Å². The molecule has 1 N–H and O–H groups in total. The molecule has 0 bridgehead atoms. The minimum atomic E-state index is -4.84. The van der Waals surface area contributed by atoms with Gasteiger partial charge in [0.2, 0.25) is 0 Å². The molecule has 2 fully saturated rings. The van der Waals surface area contributed by atoms with Crippen molar-refractivity contribution in [2.45, 2.75) is 63.1 Å². The van der Waals surface area contributed by atoms with E-state index in [9.17, 15) is 41.0 Å². The summed E-state index contributed by atoms with van der Waals surface area (Å²) in [5, 5.41) is 9.35. The average molecular weight is 781 g/mol. The van der Waals surface area contributed by atoms with Crippen LogP contribution in [0.2, 0.25) is 0 Å². The first-order valence-electron chi connectivity index (χ1n) is 16.3. The van der Waals surface area contributed by atoms with Crippen LogP contribution in [0.4, 0.5) is 26.3 Å². The molecular formula is C37H34F6N2O10. The SMILES string of the molecule is COC(=O)c1cnc(C2(C)CC2)cc1Oc1ccc(OC(F)(F)F)cc1OC.COc1cc(OC(F)(F)F)ccc1Oc1cc(C2(C)CC2)ncc1C(=O)O. The van der Waals surface area contributed by atoms with Gasteiger partial charge in [-0.25, -0.2) is 9.59 Å². The second-order valence-electron chi connectivity index (χ2n) is 13.0. The van der Waals surface area contributed by atoms with E-state index in [1.807, 2.05) is 13.8 Å². The summed E-state index contributed by atoms with van der Waals surface area (Å²) in [5.41, 5.74) is 1.17. The Morgan fingerprint density at radius 1 is 0.618 bits per heavy atom. The number of carbonyl (C=O) groups is 2. The van der Waals surface area contributed by atoms with Crippen LogP contribution in [0.1, 0.15) is 71.6 Å². The zero-order valence-electron chi connectivity index (χ0n) is 29.9. The largest absolute Gasteiger partial charge is 0.573 e. The van der Waals surface area contributed by atoms with Crippen LogP contribution in [0.5, 0.6) is 46.0 Å². The van der Waals surface area contributed by atoms with Crippen LogP contribution in [-0.2, 0) is 15.6 Å². The maximum atomic E-state index is 12.4. The van der Waals surface area contributed by atoms with Gasteiger partial charge in [0.1, 0.15) is 34.1 Å². The highest BCUT2D eigenvalue weighted by Gasteiger charge is 2.42. The number of carboxylic acid groups (broad SMARTS) is 1. The van der Waals surface area contributed by atoms with Gasteiger partial charge < -0.3 is 38.3 Å². The van der Waals surface area contributed by atoms with Crippen LogP contribution in [0.3, 0.4) is 0 Å². The molecule has 2 aromatic carbocycles. The zero-order valence-corrected chi connectivity index (χ0v) is 29.9. The molecule has 0 aliphatic heterocycles. The normalized spacial score (nSPS) is 15.0. The highest BCUT2D eigenvalue weighted by Crippen LogP contribution is 2.49.